The number of carbonyl (C=O) groups is 1. The largest absolute Gasteiger partial charge is 0.399 e. The van der Waals surface area contributed by atoms with Crippen molar-refractivity contribution in [1.29, 1.82) is 0 Å². The molecule has 1 aromatic heterocycles. The molecule has 0 radical (unpaired) electrons. The molecule has 0 spiro atoms. The van der Waals surface area contributed by atoms with Crippen molar-refractivity contribution < 1.29 is 4.79 Å². The molecule has 5 N–H and O–H groups in total. The van der Waals surface area contributed by atoms with E-state index < -0.39 is 5.91 Å². The molecule has 0 aliphatic carbocycles. The second kappa shape index (κ2) is 4.27. The number of nitrogens with two attached hydrogens (primary N) is 2. The van der Waals surface area contributed by atoms with Gasteiger partial charge in [-0.1, -0.05) is 12.1 Å². The van der Waals surface area contributed by atoms with Crippen LogP contribution in [0.15, 0.2) is 24.3 Å². The molecule has 3 rings (SSSR count). The maximum atomic E-state index is 11.2. The third-order valence-corrected chi connectivity index (χ3v) is 3.14. The summed E-state index contributed by atoms with van der Waals surface area (Å²) in [5.41, 5.74) is 12.8. The van der Waals surface area contributed by atoms with E-state index in [-0.39, 0.29) is 11.9 Å². The van der Waals surface area contributed by atoms with Gasteiger partial charge < -0.3 is 16.8 Å². The molecule has 1 aromatic carbocycles. The Labute approximate surface area is 109 Å². The van der Waals surface area contributed by atoms with Gasteiger partial charge in [0.05, 0.1) is 6.04 Å². The molecular formula is C12H14N6O. The fourth-order valence-corrected chi connectivity index (χ4v) is 2.28. The van der Waals surface area contributed by atoms with Gasteiger partial charge in [-0.3, -0.25) is 4.79 Å². The van der Waals surface area contributed by atoms with Crippen LogP contribution in [0.25, 0.3) is 0 Å². The number of nitrogens with zero attached hydrogens (tertiary/aromatic N) is 3. The Bertz CT molecular complexity index is 635. The molecule has 1 atom stereocenters. The van der Waals surface area contributed by atoms with E-state index in [1.54, 1.807) is 4.68 Å². The van der Waals surface area contributed by atoms with Crippen molar-refractivity contribution in [2.45, 2.75) is 12.5 Å². The van der Waals surface area contributed by atoms with E-state index in [0.29, 0.717) is 11.6 Å². The number of fused-ring (bicyclic) bond motifs is 1. The number of hydrogen-bond donors (Lipinski definition) is 3. The summed E-state index contributed by atoms with van der Waals surface area (Å²) in [6, 6.07) is 7.65. The number of rotatable bonds is 2. The Morgan fingerprint density at radius 2 is 2.32 bits per heavy atom. The molecule has 1 amide bonds. The van der Waals surface area contributed by atoms with Crippen LogP contribution in [0.4, 0.5) is 11.6 Å². The zero-order chi connectivity index (χ0) is 13.4. The Hall–Kier alpha value is -2.57. The molecule has 0 saturated heterocycles. The molecule has 0 fully saturated rings. The van der Waals surface area contributed by atoms with Gasteiger partial charge in [-0.2, -0.15) is 4.98 Å². The molecule has 2 aromatic rings. The van der Waals surface area contributed by atoms with Crippen LogP contribution in [0.5, 0.6) is 0 Å². The maximum absolute atomic E-state index is 11.2. The van der Waals surface area contributed by atoms with Crippen LogP contribution in [0.1, 0.15) is 28.6 Å². The van der Waals surface area contributed by atoms with Crippen molar-refractivity contribution in [2.75, 3.05) is 17.6 Å². The van der Waals surface area contributed by atoms with Gasteiger partial charge in [-0.15, -0.1) is 5.10 Å². The maximum Gasteiger partial charge on any atom is 0.288 e. The fraction of sp³-hybridized carbons (Fsp3) is 0.250. The lowest BCUT2D eigenvalue weighted by Gasteiger charge is -2.24. The van der Waals surface area contributed by atoms with Crippen LogP contribution < -0.4 is 16.8 Å². The standard InChI is InChI=1S/C12H14N6O/c13-8-3-1-2-7(6-8)9-4-5-15-12-16-11(10(14)19)17-18(9)12/h1-3,6,9H,4-5,13H2,(H2,14,19)(H,15,16,17). The first kappa shape index (κ1) is 11.5. The summed E-state index contributed by atoms with van der Waals surface area (Å²) in [6.45, 7) is 0.760. The van der Waals surface area contributed by atoms with Crippen molar-refractivity contribution in [2.24, 2.45) is 5.73 Å². The lowest BCUT2D eigenvalue weighted by Crippen LogP contribution is -2.25. The molecule has 7 nitrogen and oxygen atoms in total. The van der Waals surface area contributed by atoms with E-state index in [4.69, 9.17) is 11.5 Å². The first-order chi connectivity index (χ1) is 9.15. The minimum atomic E-state index is -0.630. The van der Waals surface area contributed by atoms with Gasteiger partial charge in [0.2, 0.25) is 11.8 Å². The van der Waals surface area contributed by atoms with Gasteiger partial charge in [0.1, 0.15) is 0 Å². The summed E-state index contributed by atoms with van der Waals surface area (Å²) in [4.78, 5) is 15.2. The number of benzene rings is 1. The topological polar surface area (TPSA) is 112 Å². The predicted molar refractivity (Wildman–Crippen MR) is 70.6 cm³/mol. The van der Waals surface area contributed by atoms with E-state index in [0.717, 1.165) is 18.5 Å². The minimum Gasteiger partial charge on any atom is -0.399 e. The first-order valence-electron chi connectivity index (χ1n) is 6.01. The number of anilines is 2. The highest BCUT2D eigenvalue weighted by Gasteiger charge is 2.25. The molecular weight excluding hydrogens is 244 g/mol. The molecule has 1 aliphatic heterocycles. The summed E-state index contributed by atoms with van der Waals surface area (Å²) >= 11 is 0. The smallest absolute Gasteiger partial charge is 0.288 e. The van der Waals surface area contributed by atoms with Gasteiger partial charge in [-0.05, 0) is 24.1 Å². The van der Waals surface area contributed by atoms with Crippen molar-refractivity contribution in [1.82, 2.24) is 14.8 Å². The Morgan fingerprint density at radius 1 is 1.47 bits per heavy atom. The molecule has 1 unspecified atom stereocenters. The van der Waals surface area contributed by atoms with E-state index in [9.17, 15) is 4.79 Å². The summed E-state index contributed by atoms with van der Waals surface area (Å²) in [5, 5.41) is 7.27. The molecule has 98 valence electrons. The number of carbonyl (C=O) groups excluding carboxylic acids is 1. The zero-order valence-electron chi connectivity index (χ0n) is 10.2. The van der Waals surface area contributed by atoms with E-state index in [1.807, 2.05) is 24.3 Å². The van der Waals surface area contributed by atoms with Gasteiger partial charge in [0.25, 0.3) is 5.91 Å². The van der Waals surface area contributed by atoms with Crippen molar-refractivity contribution in [3.63, 3.8) is 0 Å². The number of amides is 1. The van der Waals surface area contributed by atoms with E-state index >= 15 is 0 Å². The van der Waals surface area contributed by atoms with Gasteiger partial charge in [0.15, 0.2) is 0 Å². The Kier molecular flexibility index (Phi) is 2.59. The van der Waals surface area contributed by atoms with Crippen molar-refractivity contribution >= 4 is 17.5 Å². The van der Waals surface area contributed by atoms with Gasteiger partial charge in [-0.25, -0.2) is 4.68 Å². The normalized spacial score (nSPS) is 17.6. The highest BCUT2D eigenvalue weighted by atomic mass is 16.1. The van der Waals surface area contributed by atoms with Gasteiger partial charge in [0, 0.05) is 12.2 Å². The van der Waals surface area contributed by atoms with Gasteiger partial charge >= 0.3 is 0 Å². The van der Waals surface area contributed by atoms with Crippen LogP contribution in [-0.4, -0.2) is 27.2 Å². The molecule has 19 heavy (non-hydrogen) atoms. The van der Waals surface area contributed by atoms with Crippen LogP contribution in [0.3, 0.4) is 0 Å². The Balaban J connectivity index is 2.04. The Morgan fingerprint density at radius 3 is 3.05 bits per heavy atom. The lowest BCUT2D eigenvalue weighted by molar-refractivity contribution is 0.0990. The third-order valence-electron chi connectivity index (χ3n) is 3.14. The second-order valence-electron chi connectivity index (χ2n) is 4.47. The number of primary amides is 1. The monoisotopic (exact) mass is 258 g/mol. The number of hydrogen-bond acceptors (Lipinski definition) is 5. The lowest BCUT2D eigenvalue weighted by atomic mass is 10.0. The molecule has 0 saturated carbocycles. The summed E-state index contributed by atoms with van der Waals surface area (Å²) in [6.07, 6.45) is 0.845. The van der Waals surface area contributed by atoms with Crippen LogP contribution >= 0.6 is 0 Å². The fourth-order valence-electron chi connectivity index (χ4n) is 2.28. The van der Waals surface area contributed by atoms with Crippen LogP contribution in [0.2, 0.25) is 0 Å². The third kappa shape index (κ3) is 1.99. The average molecular weight is 258 g/mol. The molecule has 2 heterocycles. The minimum absolute atomic E-state index is 0.0142. The summed E-state index contributed by atoms with van der Waals surface area (Å²) in [7, 11) is 0. The number of aromatic nitrogens is 3. The molecule has 1 aliphatic rings. The zero-order valence-corrected chi connectivity index (χ0v) is 10.2. The van der Waals surface area contributed by atoms with Crippen molar-refractivity contribution in [3.8, 4) is 0 Å². The van der Waals surface area contributed by atoms with E-state index in [2.05, 4.69) is 15.4 Å². The second-order valence-corrected chi connectivity index (χ2v) is 4.47. The van der Waals surface area contributed by atoms with Crippen molar-refractivity contribution in [3.05, 3.63) is 35.7 Å². The SMILES string of the molecule is NC(=O)c1nc2n(n1)C(c1cccc(N)c1)CCN2. The van der Waals surface area contributed by atoms with E-state index in [1.165, 1.54) is 0 Å². The number of nitrogen functional groups attached to an aromatic ring is 1. The highest BCUT2D eigenvalue weighted by Crippen LogP contribution is 2.29. The average Bonchev–Trinajstić information content (AvgIpc) is 2.82. The van der Waals surface area contributed by atoms with Crippen LogP contribution in [-0.2, 0) is 0 Å². The quantitative estimate of drug-likeness (QED) is 0.673. The molecule has 0 bridgehead atoms. The summed E-state index contributed by atoms with van der Waals surface area (Å²) in [5.74, 6) is -0.0409. The molecule has 7 heteroatoms. The number of nitrogens with one attached hydrogen (secondary N) is 1. The summed E-state index contributed by atoms with van der Waals surface area (Å²) < 4.78 is 1.69. The highest BCUT2D eigenvalue weighted by molar-refractivity contribution is 5.89. The predicted octanol–water partition coefficient (Wildman–Crippen LogP) is 0.364. The van der Waals surface area contributed by atoms with Crippen LogP contribution in [0, 0.1) is 0 Å². The first-order valence-corrected chi connectivity index (χ1v) is 6.01.